The van der Waals surface area contributed by atoms with Gasteiger partial charge >= 0.3 is 0 Å². The number of benzene rings is 1. The Balaban J connectivity index is 1.20. The molecule has 0 radical (unpaired) electrons. The zero-order valence-electron chi connectivity index (χ0n) is 14.4. The molecule has 1 amide bonds. The number of nitrogens with one attached hydrogen (secondary N) is 1. The summed E-state index contributed by atoms with van der Waals surface area (Å²) in [4.78, 5) is 17.3. The molecule has 3 nitrogen and oxygen atoms in total. The van der Waals surface area contributed by atoms with Crippen LogP contribution in [0.4, 0.5) is 5.69 Å². The van der Waals surface area contributed by atoms with Crippen molar-refractivity contribution in [3.63, 3.8) is 0 Å². The predicted molar refractivity (Wildman–Crippen MR) is 106 cm³/mol. The number of hydrogen-bond acceptors (Lipinski definition) is 4. The van der Waals surface area contributed by atoms with Gasteiger partial charge in [-0.1, -0.05) is 41.7 Å². The van der Waals surface area contributed by atoms with Crippen molar-refractivity contribution in [2.75, 3.05) is 5.75 Å². The number of carbonyl (C=O) groups excluding carboxylic acids is 1. The molecule has 4 bridgehead atoms. The quantitative estimate of drug-likeness (QED) is 0.833. The van der Waals surface area contributed by atoms with Crippen molar-refractivity contribution in [2.24, 2.45) is 22.7 Å². The van der Waals surface area contributed by atoms with Gasteiger partial charge in [-0.25, -0.2) is 4.99 Å². The molecule has 0 atom stereocenters. The Morgan fingerprint density at radius 3 is 2.56 bits per heavy atom. The van der Waals surface area contributed by atoms with E-state index in [0.717, 1.165) is 33.6 Å². The van der Waals surface area contributed by atoms with E-state index in [2.05, 4.69) is 23.5 Å². The third kappa shape index (κ3) is 3.25. The van der Waals surface area contributed by atoms with E-state index >= 15 is 0 Å². The maximum atomic E-state index is 12.6. The maximum Gasteiger partial charge on any atom is 0.230 e. The zero-order chi connectivity index (χ0) is 16.9. The summed E-state index contributed by atoms with van der Waals surface area (Å²) in [7, 11) is 0. The van der Waals surface area contributed by atoms with E-state index in [4.69, 9.17) is 4.99 Å². The van der Waals surface area contributed by atoms with Gasteiger partial charge in [0.25, 0.3) is 0 Å². The first-order chi connectivity index (χ1) is 12.2. The van der Waals surface area contributed by atoms with E-state index < -0.39 is 0 Å². The summed E-state index contributed by atoms with van der Waals surface area (Å²) >= 11 is 3.35. The van der Waals surface area contributed by atoms with Gasteiger partial charge < -0.3 is 5.32 Å². The molecule has 1 aliphatic heterocycles. The molecule has 1 N–H and O–H groups in total. The van der Waals surface area contributed by atoms with Gasteiger partial charge in [0.1, 0.15) is 4.38 Å². The monoisotopic (exact) mass is 372 g/mol. The van der Waals surface area contributed by atoms with Crippen molar-refractivity contribution in [2.45, 2.75) is 49.8 Å². The normalized spacial score (nSPS) is 35.2. The van der Waals surface area contributed by atoms with Crippen LogP contribution in [0.3, 0.4) is 0 Å². The van der Waals surface area contributed by atoms with E-state index in [1.54, 1.807) is 23.5 Å². The Morgan fingerprint density at radius 1 is 1.16 bits per heavy atom. The molecule has 5 heteroatoms. The first kappa shape index (κ1) is 16.2. The van der Waals surface area contributed by atoms with Crippen LogP contribution in [0.25, 0.3) is 0 Å². The van der Waals surface area contributed by atoms with Crippen LogP contribution < -0.4 is 5.32 Å². The molecule has 4 fully saturated rings. The van der Waals surface area contributed by atoms with Gasteiger partial charge in [0, 0.05) is 11.3 Å². The zero-order valence-corrected chi connectivity index (χ0v) is 16.0. The molecule has 0 spiro atoms. The van der Waals surface area contributed by atoms with Gasteiger partial charge in [0.05, 0.1) is 11.4 Å². The minimum atomic E-state index is 0.126. The summed E-state index contributed by atoms with van der Waals surface area (Å²) in [5, 5.41) is 3.46. The topological polar surface area (TPSA) is 41.5 Å². The molecule has 25 heavy (non-hydrogen) atoms. The highest BCUT2D eigenvalue weighted by atomic mass is 32.2. The third-order valence-electron chi connectivity index (χ3n) is 6.32. The number of carbonyl (C=O) groups is 1. The van der Waals surface area contributed by atoms with Crippen LogP contribution in [0.15, 0.2) is 29.3 Å². The van der Waals surface area contributed by atoms with Gasteiger partial charge in [-0.3, -0.25) is 4.79 Å². The standard InChI is InChI=1S/C20H24N2OS2/c23-18(12-25-19-21-17-4-2-1-3-16(17)11-24-19)22-20-8-13-5-14(9-20)7-15(6-13)10-20/h1-4,13-15H,5-12H2,(H,22,23). The first-order valence-electron chi connectivity index (χ1n) is 9.41. The second kappa shape index (κ2) is 6.34. The molecule has 1 aromatic carbocycles. The first-order valence-corrected chi connectivity index (χ1v) is 11.4. The number of thioether (sulfide) groups is 2. The molecule has 5 aliphatic rings. The van der Waals surface area contributed by atoms with E-state index in [0.29, 0.717) is 5.75 Å². The number of hydrogen-bond donors (Lipinski definition) is 1. The van der Waals surface area contributed by atoms with Crippen LogP contribution in [-0.4, -0.2) is 21.6 Å². The molecular formula is C20H24N2OS2. The van der Waals surface area contributed by atoms with Gasteiger partial charge in [-0.05, 0) is 67.9 Å². The molecule has 132 valence electrons. The van der Waals surface area contributed by atoms with Crippen LogP contribution in [0.1, 0.15) is 44.1 Å². The minimum absolute atomic E-state index is 0.126. The molecule has 1 heterocycles. The van der Waals surface area contributed by atoms with Crippen molar-refractivity contribution in [3.8, 4) is 0 Å². The average Bonchev–Trinajstić information content (AvgIpc) is 2.58. The van der Waals surface area contributed by atoms with E-state index in [9.17, 15) is 4.79 Å². The van der Waals surface area contributed by atoms with Gasteiger partial charge in [0.2, 0.25) is 5.91 Å². The lowest BCUT2D eigenvalue weighted by atomic mass is 9.53. The van der Waals surface area contributed by atoms with E-state index in [1.807, 2.05) is 6.07 Å². The fourth-order valence-corrected chi connectivity index (χ4v) is 7.67. The maximum absolute atomic E-state index is 12.6. The number of rotatable bonds is 3. The number of aliphatic imine (C=N–C) groups is 1. The highest BCUT2D eigenvalue weighted by molar-refractivity contribution is 8.38. The summed E-state index contributed by atoms with van der Waals surface area (Å²) in [6.07, 6.45) is 7.90. The largest absolute Gasteiger partial charge is 0.350 e. The predicted octanol–water partition coefficient (Wildman–Crippen LogP) is 4.74. The van der Waals surface area contributed by atoms with Crippen molar-refractivity contribution < 1.29 is 4.79 Å². The summed E-state index contributed by atoms with van der Waals surface area (Å²) in [6.45, 7) is 0. The molecule has 4 saturated carbocycles. The highest BCUT2D eigenvalue weighted by Crippen LogP contribution is 2.55. The Morgan fingerprint density at radius 2 is 1.84 bits per heavy atom. The molecule has 4 aliphatic carbocycles. The lowest BCUT2D eigenvalue weighted by Gasteiger charge is -2.56. The number of nitrogens with zero attached hydrogens (tertiary/aromatic N) is 1. The summed E-state index contributed by atoms with van der Waals surface area (Å²) in [5.41, 5.74) is 2.47. The molecule has 0 unspecified atom stereocenters. The van der Waals surface area contributed by atoms with Crippen molar-refractivity contribution >= 4 is 39.5 Å². The van der Waals surface area contributed by atoms with Crippen molar-refractivity contribution in [3.05, 3.63) is 29.8 Å². The minimum Gasteiger partial charge on any atom is -0.350 e. The lowest BCUT2D eigenvalue weighted by molar-refractivity contribution is -0.124. The molecule has 6 rings (SSSR count). The van der Waals surface area contributed by atoms with Crippen LogP contribution in [0.5, 0.6) is 0 Å². The van der Waals surface area contributed by atoms with Crippen LogP contribution >= 0.6 is 23.5 Å². The highest BCUT2D eigenvalue weighted by Gasteiger charge is 2.51. The van der Waals surface area contributed by atoms with E-state index in [-0.39, 0.29) is 11.4 Å². The summed E-state index contributed by atoms with van der Waals surface area (Å²) in [6, 6.07) is 8.28. The Kier molecular flexibility index (Phi) is 4.12. The fraction of sp³-hybridized carbons (Fsp3) is 0.600. The molecule has 0 saturated heterocycles. The van der Waals surface area contributed by atoms with Gasteiger partial charge in [-0.15, -0.1) is 0 Å². The number of para-hydroxylation sites is 1. The SMILES string of the molecule is O=C(CSC1=Nc2ccccc2CS1)NC12CC3CC(CC(C3)C1)C2. The third-order valence-corrected chi connectivity index (χ3v) is 8.57. The van der Waals surface area contributed by atoms with Crippen LogP contribution in [-0.2, 0) is 10.5 Å². The lowest BCUT2D eigenvalue weighted by Crippen LogP contribution is -2.60. The van der Waals surface area contributed by atoms with E-state index in [1.165, 1.54) is 44.1 Å². The average molecular weight is 373 g/mol. The molecular weight excluding hydrogens is 348 g/mol. The molecule has 0 aromatic heterocycles. The summed E-state index contributed by atoms with van der Waals surface area (Å²) in [5.74, 6) is 4.26. The Labute approximate surface area is 157 Å². The van der Waals surface area contributed by atoms with Gasteiger partial charge in [0.15, 0.2) is 0 Å². The smallest absolute Gasteiger partial charge is 0.230 e. The number of fused-ring (bicyclic) bond motifs is 1. The van der Waals surface area contributed by atoms with Gasteiger partial charge in [-0.2, -0.15) is 0 Å². The Bertz CT molecular complexity index is 695. The van der Waals surface area contributed by atoms with Crippen molar-refractivity contribution in [1.29, 1.82) is 0 Å². The molecule has 1 aromatic rings. The second-order valence-electron chi connectivity index (χ2n) is 8.33. The van der Waals surface area contributed by atoms with Crippen LogP contribution in [0, 0.1) is 17.8 Å². The summed E-state index contributed by atoms with van der Waals surface area (Å²) < 4.78 is 1.03. The van der Waals surface area contributed by atoms with Crippen molar-refractivity contribution in [1.82, 2.24) is 5.32 Å². The Hall–Kier alpha value is -0.940. The number of amides is 1. The fourth-order valence-electron chi connectivity index (χ4n) is 5.81. The second-order valence-corrected chi connectivity index (χ2v) is 10.5. The van der Waals surface area contributed by atoms with Crippen LogP contribution in [0.2, 0.25) is 0 Å².